The first-order valence-corrected chi connectivity index (χ1v) is 9.18. The van der Waals surface area contributed by atoms with Crippen molar-refractivity contribution in [1.29, 1.82) is 0 Å². The van der Waals surface area contributed by atoms with Crippen molar-refractivity contribution in [2.75, 3.05) is 0 Å². The van der Waals surface area contributed by atoms with Gasteiger partial charge in [-0.25, -0.2) is 4.39 Å². The molecule has 1 saturated carbocycles. The van der Waals surface area contributed by atoms with Gasteiger partial charge in [0.2, 0.25) is 5.78 Å². The first-order valence-electron chi connectivity index (χ1n) is 9.18. The van der Waals surface area contributed by atoms with Crippen LogP contribution in [0, 0.1) is 5.82 Å². The van der Waals surface area contributed by atoms with Crippen LogP contribution in [0.3, 0.4) is 0 Å². The van der Waals surface area contributed by atoms with Crippen molar-refractivity contribution in [3.8, 4) is 0 Å². The van der Waals surface area contributed by atoms with E-state index in [2.05, 4.69) is 0 Å². The van der Waals surface area contributed by atoms with Crippen molar-refractivity contribution in [1.82, 2.24) is 4.90 Å². The number of ketones is 1. The maximum absolute atomic E-state index is 14.6. The summed E-state index contributed by atoms with van der Waals surface area (Å²) in [4.78, 5) is 27.4. The lowest BCUT2D eigenvalue weighted by Gasteiger charge is -2.36. The van der Waals surface area contributed by atoms with Crippen molar-refractivity contribution in [2.24, 2.45) is 0 Å². The zero-order valence-electron chi connectivity index (χ0n) is 14.7. The Balaban J connectivity index is 1.83. The number of aliphatic hydroxyl groups excluding tert-OH is 1. The first kappa shape index (κ1) is 17.5. The summed E-state index contributed by atoms with van der Waals surface area (Å²) in [6.07, 6.45) is 5.89. The first-order chi connectivity index (χ1) is 13.1. The van der Waals surface area contributed by atoms with Crippen molar-refractivity contribution in [3.63, 3.8) is 0 Å². The highest BCUT2D eigenvalue weighted by molar-refractivity contribution is 6.15. The zero-order chi connectivity index (χ0) is 19.0. The Morgan fingerprint density at radius 2 is 1.85 bits per heavy atom. The number of nitrogens with zero attached hydrogens (tertiary/aromatic N) is 1. The summed E-state index contributed by atoms with van der Waals surface area (Å²) >= 11 is 0. The van der Waals surface area contributed by atoms with Gasteiger partial charge in [0.25, 0.3) is 5.91 Å². The fraction of sp³-hybridized carbons (Fsp3) is 0.333. The molecule has 1 amide bonds. The Morgan fingerprint density at radius 3 is 2.52 bits per heavy atom. The molecule has 1 aliphatic heterocycles. The Hall–Kier alpha value is -2.89. The van der Waals surface area contributed by atoms with Crippen LogP contribution in [-0.4, -0.2) is 27.7 Å². The number of furan rings is 1. The molecule has 2 aliphatic rings. The molecule has 0 saturated heterocycles. The predicted octanol–water partition coefficient (Wildman–Crippen LogP) is 4.33. The van der Waals surface area contributed by atoms with Gasteiger partial charge < -0.3 is 14.4 Å². The SMILES string of the molecule is O=C(C1=C(O)C(=O)N(C2CCCCC2)C1c1ccccc1F)c1ccco1. The smallest absolute Gasteiger partial charge is 0.290 e. The molecular weight excluding hydrogens is 349 g/mol. The van der Waals surface area contributed by atoms with Crippen molar-refractivity contribution >= 4 is 11.7 Å². The van der Waals surface area contributed by atoms with Gasteiger partial charge in [-0.05, 0) is 31.0 Å². The molecule has 0 spiro atoms. The van der Waals surface area contributed by atoms with Crippen LogP contribution >= 0.6 is 0 Å². The van der Waals surface area contributed by atoms with E-state index in [9.17, 15) is 19.1 Å². The summed E-state index contributed by atoms with van der Waals surface area (Å²) in [6, 6.07) is 7.98. The summed E-state index contributed by atoms with van der Waals surface area (Å²) in [5, 5.41) is 10.6. The lowest BCUT2D eigenvalue weighted by atomic mass is 9.90. The third-order valence-electron chi connectivity index (χ3n) is 5.40. The van der Waals surface area contributed by atoms with E-state index >= 15 is 0 Å². The van der Waals surface area contributed by atoms with E-state index in [0.717, 1.165) is 32.1 Å². The Morgan fingerprint density at radius 1 is 1.11 bits per heavy atom. The molecule has 1 aromatic carbocycles. The van der Waals surface area contributed by atoms with Crippen LogP contribution < -0.4 is 0 Å². The molecule has 6 heteroatoms. The minimum absolute atomic E-state index is 0.0104. The minimum atomic E-state index is -0.959. The standard InChI is InChI=1S/C21H20FNO4/c22-15-10-5-4-9-14(15)18-17(19(24)16-11-6-12-27-16)20(25)21(26)23(18)13-7-2-1-3-8-13/h4-6,9-13,18,25H,1-3,7-8H2. The van der Waals surface area contributed by atoms with Crippen LogP contribution in [0.15, 0.2) is 58.4 Å². The van der Waals surface area contributed by atoms with Gasteiger partial charge in [-0.3, -0.25) is 9.59 Å². The van der Waals surface area contributed by atoms with Gasteiger partial charge in [0.15, 0.2) is 11.5 Å². The Bertz CT molecular complexity index is 897. The Kier molecular flexibility index (Phi) is 4.56. The highest BCUT2D eigenvalue weighted by Gasteiger charge is 2.47. The van der Waals surface area contributed by atoms with Crippen LogP contribution in [0.2, 0.25) is 0 Å². The molecule has 140 valence electrons. The molecule has 1 unspecified atom stereocenters. The largest absolute Gasteiger partial charge is 0.503 e. The number of halogens is 1. The summed E-state index contributed by atoms with van der Waals surface area (Å²) in [5.41, 5.74) is 0.0843. The van der Waals surface area contributed by atoms with Crippen LogP contribution in [0.5, 0.6) is 0 Å². The number of carbonyl (C=O) groups excluding carboxylic acids is 2. The lowest BCUT2D eigenvalue weighted by molar-refractivity contribution is -0.132. The molecule has 5 nitrogen and oxygen atoms in total. The van der Waals surface area contributed by atoms with Gasteiger partial charge in [-0.15, -0.1) is 0 Å². The minimum Gasteiger partial charge on any atom is -0.503 e. The molecule has 27 heavy (non-hydrogen) atoms. The van der Waals surface area contributed by atoms with Gasteiger partial charge in [0, 0.05) is 11.6 Å². The summed E-state index contributed by atoms with van der Waals surface area (Å²) in [7, 11) is 0. The van der Waals surface area contributed by atoms with Gasteiger partial charge in [0.1, 0.15) is 5.82 Å². The summed E-state index contributed by atoms with van der Waals surface area (Å²) in [5.74, 6) is -2.34. The van der Waals surface area contributed by atoms with Crippen molar-refractivity contribution < 1.29 is 23.5 Å². The number of hydrogen-bond donors (Lipinski definition) is 1. The quantitative estimate of drug-likeness (QED) is 0.815. The van der Waals surface area contributed by atoms with Crippen LogP contribution in [-0.2, 0) is 4.79 Å². The second kappa shape index (κ2) is 7.02. The molecule has 1 N–H and O–H groups in total. The zero-order valence-corrected chi connectivity index (χ0v) is 14.7. The Labute approximate surface area is 156 Å². The molecule has 1 aromatic heterocycles. The highest BCUT2D eigenvalue weighted by atomic mass is 19.1. The molecule has 1 aliphatic carbocycles. The van der Waals surface area contributed by atoms with Crippen LogP contribution in [0.25, 0.3) is 0 Å². The van der Waals surface area contributed by atoms with Crippen LogP contribution in [0.4, 0.5) is 4.39 Å². The van der Waals surface area contributed by atoms with Gasteiger partial charge in [-0.2, -0.15) is 0 Å². The second-order valence-corrected chi connectivity index (χ2v) is 7.00. The van der Waals surface area contributed by atoms with E-state index in [0.29, 0.717) is 0 Å². The predicted molar refractivity (Wildman–Crippen MR) is 95.6 cm³/mol. The molecule has 4 rings (SSSR count). The molecule has 0 bridgehead atoms. The number of amides is 1. The second-order valence-electron chi connectivity index (χ2n) is 7.00. The lowest BCUT2D eigenvalue weighted by Crippen LogP contribution is -2.41. The third-order valence-corrected chi connectivity index (χ3v) is 5.40. The number of hydrogen-bond acceptors (Lipinski definition) is 4. The molecule has 2 heterocycles. The van der Waals surface area contributed by atoms with Gasteiger partial charge >= 0.3 is 0 Å². The number of aliphatic hydroxyl groups is 1. The number of rotatable bonds is 4. The van der Waals surface area contributed by atoms with E-state index in [-0.39, 0.29) is 22.9 Å². The van der Waals surface area contributed by atoms with Crippen molar-refractivity contribution in [3.05, 3.63) is 71.1 Å². The fourth-order valence-electron chi connectivity index (χ4n) is 4.13. The van der Waals surface area contributed by atoms with E-state index in [1.807, 2.05) is 0 Å². The molecule has 1 atom stereocenters. The number of Topliss-reactive ketones (excluding diaryl/α,β-unsaturated/α-hetero) is 1. The monoisotopic (exact) mass is 369 g/mol. The topological polar surface area (TPSA) is 70.8 Å². The van der Waals surface area contributed by atoms with Crippen LogP contribution in [0.1, 0.15) is 54.3 Å². The maximum atomic E-state index is 14.6. The van der Waals surface area contributed by atoms with Crippen molar-refractivity contribution in [2.45, 2.75) is 44.2 Å². The molecule has 1 fully saturated rings. The van der Waals surface area contributed by atoms with Gasteiger partial charge in [-0.1, -0.05) is 37.5 Å². The van der Waals surface area contributed by atoms with E-state index < -0.39 is 29.3 Å². The highest BCUT2D eigenvalue weighted by Crippen LogP contribution is 2.43. The number of benzene rings is 1. The van der Waals surface area contributed by atoms with E-state index in [1.165, 1.54) is 23.3 Å². The summed E-state index contributed by atoms with van der Waals surface area (Å²) in [6.45, 7) is 0. The maximum Gasteiger partial charge on any atom is 0.290 e. The van der Waals surface area contributed by atoms with Gasteiger partial charge in [0.05, 0.1) is 17.9 Å². The molecule has 2 aromatic rings. The summed E-state index contributed by atoms with van der Waals surface area (Å²) < 4.78 is 19.8. The number of carbonyl (C=O) groups is 2. The fourth-order valence-corrected chi connectivity index (χ4v) is 4.13. The average Bonchev–Trinajstić information content (AvgIpc) is 3.30. The third kappa shape index (κ3) is 2.95. The molecular formula is C21H20FNO4. The normalized spacial score (nSPS) is 21.1. The molecule has 0 radical (unpaired) electrons. The van der Waals surface area contributed by atoms with E-state index in [1.54, 1.807) is 24.3 Å². The van der Waals surface area contributed by atoms with E-state index in [4.69, 9.17) is 4.42 Å². The average molecular weight is 369 g/mol.